The van der Waals surface area contributed by atoms with E-state index in [1.165, 1.54) is 0 Å². The van der Waals surface area contributed by atoms with Gasteiger partial charge in [0.05, 0.1) is 5.69 Å². The number of anilines is 1. The molecule has 1 saturated heterocycles. The van der Waals surface area contributed by atoms with Gasteiger partial charge >= 0.3 is 0 Å². The zero-order valence-corrected chi connectivity index (χ0v) is 13.2. The lowest BCUT2D eigenvalue weighted by atomic mass is 10.1. The quantitative estimate of drug-likeness (QED) is 0.776. The van der Waals surface area contributed by atoms with E-state index < -0.39 is 0 Å². The standard InChI is InChI=1S/C17H20N6/c1-23-15(8-11-19-23)16-13-4-2-3-5-14(13)17(22-21-16)20-12-6-9-18-10-7-12/h2-5,8,11-12,18H,6-7,9-10H2,1H3,(H,20,22). The highest BCUT2D eigenvalue weighted by Gasteiger charge is 2.17. The lowest BCUT2D eigenvalue weighted by Gasteiger charge is -2.24. The van der Waals surface area contributed by atoms with Crippen LogP contribution in [0.2, 0.25) is 0 Å². The van der Waals surface area contributed by atoms with Crippen molar-refractivity contribution in [2.45, 2.75) is 18.9 Å². The minimum absolute atomic E-state index is 0.455. The molecule has 1 aromatic carbocycles. The van der Waals surface area contributed by atoms with E-state index in [0.717, 1.165) is 53.9 Å². The summed E-state index contributed by atoms with van der Waals surface area (Å²) >= 11 is 0. The van der Waals surface area contributed by atoms with E-state index in [9.17, 15) is 0 Å². The average molecular weight is 308 g/mol. The van der Waals surface area contributed by atoms with Crippen molar-refractivity contribution >= 4 is 16.6 Å². The number of nitrogens with one attached hydrogen (secondary N) is 2. The molecule has 0 aliphatic carbocycles. The molecule has 0 unspecified atom stereocenters. The molecule has 3 heterocycles. The summed E-state index contributed by atoms with van der Waals surface area (Å²) < 4.78 is 1.83. The van der Waals surface area contributed by atoms with Crippen molar-refractivity contribution in [3.8, 4) is 11.4 Å². The van der Waals surface area contributed by atoms with Gasteiger partial charge in [-0.15, -0.1) is 10.2 Å². The fraction of sp³-hybridized carbons (Fsp3) is 0.353. The van der Waals surface area contributed by atoms with Crippen molar-refractivity contribution in [2.75, 3.05) is 18.4 Å². The summed E-state index contributed by atoms with van der Waals surface area (Å²) in [6.45, 7) is 2.10. The van der Waals surface area contributed by atoms with E-state index in [-0.39, 0.29) is 0 Å². The van der Waals surface area contributed by atoms with Gasteiger partial charge in [0.15, 0.2) is 5.82 Å². The number of fused-ring (bicyclic) bond motifs is 1. The van der Waals surface area contributed by atoms with Gasteiger partial charge in [0.1, 0.15) is 5.69 Å². The third-order valence-corrected chi connectivity index (χ3v) is 4.43. The van der Waals surface area contributed by atoms with Gasteiger partial charge in [-0.25, -0.2) is 0 Å². The van der Waals surface area contributed by atoms with Crippen molar-refractivity contribution in [1.29, 1.82) is 0 Å². The van der Waals surface area contributed by atoms with Crippen molar-refractivity contribution in [3.63, 3.8) is 0 Å². The van der Waals surface area contributed by atoms with Crippen LogP contribution >= 0.6 is 0 Å². The topological polar surface area (TPSA) is 67.7 Å². The number of hydrogen-bond acceptors (Lipinski definition) is 5. The van der Waals surface area contributed by atoms with Gasteiger partial charge in [0.25, 0.3) is 0 Å². The maximum absolute atomic E-state index is 4.49. The Labute approximate surface area is 134 Å². The molecule has 1 fully saturated rings. The largest absolute Gasteiger partial charge is 0.365 e. The molecule has 3 aromatic rings. The number of nitrogens with zero attached hydrogens (tertiary/aromatic N) is 4. The first-order valence-electron chi connectivity index (χ1n) is 8.04. The van der Waals surface area contributed by atoms with E-state index in [1.807, 2.05) is 29.9 Å². The van der Waals surface area contributed by atoms with Crippen LogP contribution in [0.5, 0.6) is 0 Å². The molecule has 23 heavy (non-hydrogen) atoms. The minimum Gasteiger partial charge on any atom is -0.365 e. The molecule has 0 amide bonds. The van der Waals surface area contributed by atoms with Crippen molar-refractivity contribution < 1.29 is 0 Å². The lowest BCUT2D eigenvalue weighted by Crippen LogP contribution is -2.35. The van der Waals surface area contributed by atoms with Crippen LogP contribution in [0.25, 0.3) is 22.2 Å². The Morgan fingerprint density at radius 2 is 1.87 bits per heavy atom. The Bertz CT molecular complexity index is 819. The highest BCUT2D eigenvalue weighted by Crippen LogP contribution is 2.29. The maximum atomic E-state index is 4.49. The van der Waals surface area contributed by atoms with Gasteiger partial charge in [-0.2, -0.15) is 5.10 Å². The summed E-state index contributed by atoms with van der Waals surface area (Å²) in [5, 5.41) is 22.4. The first-order valence-corrected chi connectivity index (χ1v) is 8.04. The van der Waals surface area contributed by atoms with Crippen molar-refractivity contribution in [2.24, 2.45) is 7.05 Å². The summed E-state index contributed by atoms with van der Waals surface area (Å²) in [4.78, 5) is 0. The predicted octanol–water partition coefficient (Wildman–Crippen LogP) is 2.19. The average Bonchev–Trinajstić information content (AvgIpc) is 3.02. The van der Waals surface area contributed by atoms with Crippen LogP contribution in [0.15, 0.2) is 36.5 Å². The zero-order valence-electron chi connectivity index (χ0n) is 13.2. The summed E-state index contributed by atoms with van der Waals surface area (Å²) in [6, 6.07) is 10.7. The Morgan fingerprint density at radius 3 is 2.61 bits per heavy atom. The van der Waals surface area contributed by atoms with Crippen molar-refractivity contribution in [1.82, 2.24) is 25.3 Å². The molecule has 1 aliphatic rings. The second-order valence-corrected chi connectivity index (χ2v) is 5.95. The smallest absolute Gasteiger partial charge is 0.156 e. The second kappa shape index (κ2) is 5.96. The van der Waals surface area contributed by atoms with Gasteiger partial charge < -0.3 is 10.6 Å². The highest BCUT2D eigenvalue weighted by molar-refractivity contribution is 5.99. The molecule has 6 heteroatoms. The SMILES string of the molecule is Cn1nccc1-c1nnc(NC2CCNCC2)c2ccccc12. The van der Waals surface area contributed by atoms with Crippen LogP contribution in [0.1, 0.15) is 12.8 Å². The van der Waals surface area contributed by atoms with Crippen LogP contribution in [0.4, 0.5) is 5.82 Å². The van der Waals surface area contributed by atoms with Gasteiger partial charge in [-0.05, 0) is 32.0 Å². The monoisotopic (exact) mass is 308 g/mol. The summed E-state index contributed by atoms with van der Waals surface area (Å²) in [5.74, 6) is 0.874. The zero-order chi connectivity index (χ0) is 15.6. The predicted molar refractivity (Wildman–Crippen MR) is 91.3 cm³/mol. The molecule has 118 valence electrons. The molecule has 4 rings (SSSR count). The van der Waals surface area contributed by atoms with Crippen LogP contribution < -0.4 is 10.6 Å². The number of aryl methyl sites for hydroxylation is 1. The number of aromatic nitrogens is 4. The van der Waals surface area contributed by atoms with Crippen LogP contribution in [-0.4, -0.2) is 39.1 Å². The second-order valence-electron chi connectivity index (χ2n) is 5.95. The third-order valence-electron chi connectivity index (χ3n) is 4.43. The van der Waals surface area contributed by atoms with E-state index >= 15 is 0 Å². The fourth-order valence-electron chi connectivity index (χ4n) is 3.17. The first kappa shape index (κ1) is 14.1. The van der Waals surface area contributed by atoms with Gasteiger partial charge in [0.2, 0.25) is 0 Å². The Kier molecular flexibility index (Phi) is 3.67. The van der Waals surface area contributed by atoms with Crippen LogP contribution in [0.3, 0.4) is 0 Å². The normalized spacial score (nSPS) is 15.9. The lowest BCUT2D eigenvalue weighted by molar-refractivity contribution is 0.478. The Hall–Kier alpha value is -2.47. The Morgan fingerprint density at radius 1 is 1.09 bits per heavy atom. The molecule has 0 bridgehead atoms. The van der Waals surface area contributed by atoms with E-state index in [0.29, 0.717) is 6.04 Å². The molecular formula is C17H20N6. The highest BCUT2D eigenvalue weighted by atomic mass is 15.3. The number of benzene rings is 1. The third kappa shape index (κ3) is 2.66. The first-order chi connectivity index (χ1) is 11.3. The molecule has 2 aromatic heterocycles. The number of piperidine rings is 1. The van der Waals surface area contributed by atoms with Gasteiger partial charge in [-0.1, -0.05) is 24.3 Å². The summed E-state index contributed by atoms with van der Waals surface area (Å²) in [6.07, 6.45) is 4.01. The van der Waals surface area contributed by atoms with E-state index in [1.54, 1.807) is 6.20 Å². The maximum Gasteiger partial charge on any atom is 0.156 e. The number of rotatable bonds is 3. The molecule has 6 nitrogen and oxygen atoms in total. The van der Waals surface area contributed by atoms with Crippen LogP contribution in [-0.2, 0) is 7.05 Å². The van der Waals surface area contributed by atoms with E-state index in [4.69, 9.17) is 0 Å². The molecule has 0 saturated carbocycles. The number of hydrogen-bond donors (Lipinski definition) is 2. The molecule has 0 spiro atoms. The van der Waals surface area contributed by atoms with E-state index in [2.05, 4.69) is 38.1 Å². The van der Waals surface area contributed by atoms with Crippen LogP contribution in [0, 0.1) is 0 Å². The molecule has 1 aliphatic heterocycles. The van der Waals surface area contributed by atoms with Gasteiger partial charge in [0, 0.05) is 30.1 Å². The Balaban J connectivity index is 1.77. The molecule has 0 radical (unpaired) electrons. The molecular weight excluding hydrogens is 288 g/mol. The van der Waals surface area contributed by atoms with Gasteiger partial charge in [-0.3, -0.25) is 4.68 Å². The summed E-state index contributed by atoms with van der Waals surface area (Å²) in [7, 11) is 1.92. The van der Waals surface area contributed by atoms with Crippen molar-refractivity contribution in [3.05, 3.63) is 36.5 Å². The summed E-state index contributed by atoms with van der Waals surface area (Å²) in [5.41, 5.74) is 1.85. The molecule has 0 atom stereocenters. The fourth-order valence-corrected chi connectivity index (χ4v) is 3.17. The minimum atomic E-state index is 0.455. The molecule has 2 N–H and O–H groups in total.